The number of rotatable bonds is 1. The van der Waals surface area contributed by atoms with Crippen molar-refractivity contribution in [3.05, 3.63) is 0 Å². The lowest BCUT2D eigenvalue weighted by Gasteiger charge is -1.89. The topological polar surface area (TPSA) is 55.1 Å². The van der Waals surface area contributed by atoms with Gasteiger partial charge in [0.2, 0.25) is 0 Å². The van der Waals surface area contributed by atoms with Gasteiger partial charge in [-0.15, -0.1) is 0 Å². The number of hydrogen-bond acceptors (Lipinski definition) is 1. The van der Waals surface area contributed by atoms with E-state index in [-0.39, 0.29) is 0 Å². The number of carbonyl (C=O) groups is 1. The lowest BCUT2D eigenvalue weighted by Crippen LogP contribution is -2.21. The maximum atomic E-state index is 9.74. The zero-order valence-corrected chi connectivity index (χ0v) is 6.49. The number of primary amides is 1. The van der Waals surface area contributed by atoms with Crippen molar-refractivity contribution < 1.29 is 4.79 Å². The Morgan fingerprint density at radius 1 is 2.00 bits per heavy atom. The van der Waals surface area contributed by atoms with Crippen molar-refractivity contribution in [2.75, 3.05) is 0 Å². The first-order chi connectivity index (χ1) is 2.77. The van der Waals surface area contributed by atoms with Gasteiger partial charge in [-0.1, -0.05) is 8.28 Å². The molecule has 0 bridgehead atoms. The van der Waals surface area contributed by atoms with Crippen LogP contribution in [0.1, 0.15) is 0 Å². The van der Waals surface area contributed by atoms with Crippen LogP contribution in [-0.2, 0) is 0 Å². The molecule has 1 unspecified atom stereocenters. The Morgan fingerprint density at radius 3 is 2.50 bits per heavy atom. The molecule has 36 valence electrons. The van der Waals surface area contributed by atoms with Gasteiger partial charge < -0.3 is 10.8 Å². The zero-order valence-electron chi connectivity index (χ0n) is 3.49. The molecule has 0 aromatic heterocycles. The van der Waals surface area contributed by atoms with E-state index in [1.165, 1.54) is 0 Å². The molecular formula is CH7N2OPSi. The van der Waals surface area contributed by atoms with E-state index in [0.29, 0.717) is 8.28 Å². The summed E-state index contributed by atoms with van der Waals surface area (Å²) < 4.78 is 0. The Morgan fingerprint density at radius 2 is 2.50 bits per heavy atom. The highest BCUT2D eigenvalue weighted by molar-refractivity contribution is 7.65. The Balaban J connectivity index is 2.83. The highest BCUT2D eigenvalue weighted by Crippen LogP contribution is 1.85. The summed E-state index contributed by atoms with van der Waals surface area (Å²) >= 11 is 0. The van der Waals surface area contributed by atoms with Crippen molar-refractivity contribution in [3.8, 4) is 0 Å². The van der Waals surface area contributed by atoms with Gasteiger partial charge >= 0.3 is 6.03 Å². The third-order valence-electron chi connectivity index (χ3n) is 0.248. The van der Waals surface area contributed by atoms with E-state index < -0.39 is 6.03 Å². The fourth-order valence-electron chi connectivity index (χ4n) is 0.123. The van der Waals surface area contributed by atoms with E-state index in [2.05, 4.69) is 10.8 Å². The Kier molecular flexibility index (Phi) is 3.08. The molecule has 0 aromatic rings. The summed E-state index contributed by atoms with van der Waals surface area (Å²) in [6.07, 6.45) is 0. The summed E-state index contributed by atoms with van der Waals surface area (Å²) in [5.41, 5.74) is 4.68. The number of carbonyl (C=O) groups excluding carboxylic acids is 1. The van der Waals surface area contributed by atoms with Crippen molar-refractivity contribution >= 4 is 24.2 Å². The first kappa shape index (κ1) is 5.92. The summed E-state index contributed by atoms with van der Waals surface area (Å²) in [7, 11) is 1.56. The van der Waals surface area contributed by atoms with Crippen LogP contribution < -0.4 is 10.8 Å². The molecule has 0 aliphatic heterocycles. The molecule has 0 aliphatic rings. The first-order valence-corrected chi connectivity index (χ1v) is 5.99. The van der Waals surface area contributed by atoms with E-state index >= 15 is 0 Å². The standard InChI is InChI=1S/CH7N2OPSi/c2-1(4)3-5-6/h5H,6H3,(H3,2,3,4). The van der Waals surface area contributed by atoms with Crippen molar-refractivity contribution in [2.45, 2.75) is 0 Å². The number of nitrogens with two attached hydrogens (primary N) is 1. The fourth-order valence-corrected chi connectivity index (χ4v) is 1.11. The van der Waals surface area contributed by atoms with Gasteiger partial charge in [0.25, 0.3) is 0 Å². The summed E-state index contributed by atoms with van der Waals surface area (Å²) in [5, 5.41) is 2.44. The van der Waals surface area contributed by atoms with Gasteiger partial charge in [0.05, 0.1) is 9.91 Å². The maximum Gasteiger partial charge on any atom is 0.314 e. The number of hydrogen-bond donors (Lipinski definition) is 2. The second kappa shape index (κ2) is 3.12. The third-order valence-corrected chi connectivity index (χ3v) is 1.49. The minimum Gasteiger partial charge on any atom is -0.351 e. The van der Waals surface area contributed by atoms with Crippen LogP contribution in [0.2, 0.25) is 0 Å². The minimum absolute atomic E-state index is 0.414. The number of nitrogens with one attached hydrogen (secondary N) is 1. The largest absolute Gasteiger partial charge is 0.351 e. The molecule has 0 saturated heterocycles. The van der Waals surface area contributed by atoms with E-state index in [1.807, 2.05) is 0 Å². The van der Waals surface area contributed by atoms with Crippen LogP contribution >= 0.6 is 8.28 Å². The third kappa shape index (κ3) is 3.92. The van der Waals surface area contributed by atoms with E-state index in [0.717, 1.165) is 9.91 Å². The molecule has 3 nitrogen and oxygen atoms in total. The molecule has 0 fully saturated rings. The highest BCUT2D eigenvalue weighted by atomic mass is 31.3. The molecule has 0 saturated carbocycles. The lowest BCUT2D eigenvalue weighted by molar-refractivity contribution is 0.254. The second-order valence-electron chi connectivity index (χ2n) is 0.739. The van der Waals surface area contributed by atoms with Crippen molar-refractivity contribution in [2.24, 2.45) is 5.73 Å². The molecule has 0 rings (SSSR count). The van der Waals surface area contributed by atoms with Gasteiger partial charge in [0.1, 0.15) is 0 Å². The van der Waals surface area contributed by atoms with Gasteiger partial charge in [-0.25, -0.2) is 4.79 Å². The summed E-state index contributed by atoms with van der Waals surface area (Å²) in [6.45, 7) is 0. The number of urea groups is 1. The smallest absolute Gasteiger partial charge is 0.314 e. The van der Waals surface area contributed by atoms with Crippen LogP contribution in [0.15, 0.2) is 0 Å². The number of amides is 2. The molecule has 5 heteroatoms. The van der Waals surface area contributed by atoms with Gasteiger partial charge in [0, 0.05) is 0 Å². The molecule has 3 N–H and O–H groups in total. The monoisotopic (exact) mass is 122 g/mol. The summed E-state index contributed by atoms with van der Waals surface area (Å²) in [5.74, 6) is 0. The molecule has 0 aliphatic carbocycles. The van der Waals surface area contributed by atoms with Gasteiger partial charge in [-0.05, 0) is 0 Å². The van der Waals surface area contributed by atoms with Crippen LogP contribution in [0.5, 0.6) is 0 Å². The quantitative estimate of drug-likeness (QED) is 0.324. The fraction of sp³-hybridized carbons (Fsp3) is 0. The zero-order chi connectivity index (χ0) is 4.99. The van der Waals surface area contributed by atoms with E-state index in [4.69, 9.17) is 0 Å². The molecule has 2 amide bonds. The lowest BCUT2D eigenvalue weighted by atomic mass is 11.2. The summed E-state index contributed by atoms with van der Waals surface area (Å²) in [6, 6.07) is -0.414. The molecule has 6 heavy (non-hydrogen) atoms. The predicted molar refractivity (Wildman–Crippen MR) is 31.0 cm³/mol. The van der Waals surface area contributed by atoms with Crippen LogP contribution in [-0.4, -0.2) is 15.9 Å². The van der Waals surface area contributed by atoms with E-state index in [9.17, 15) is 4.79 Å². The Labute approximate surface area is 40.8 Å². The van der Waals surface area contributed by atoms with Crippen LogP contribution in [0, 0.1) is 0 Å². The molecule has 0 spiro atoms. The molecule has 1 atom stereocenters. The minimum atomic E-state index is -0.414. The molecule has 0 radical (unpaired) electrons. The van der Waals surface area contributed by atoms with Crippen LogP contribution in [0.25, 0.3) is 0 Å². The average Bonchev–Trinajstić information content (AvgIpc) is 1.35. The van der Waals surface area contributed by atoms with Crippen molar-refractivity contribution in [1.82, 2.24) is 5.09 Å². The van der Waals surface area contributed by atoms with E-state index in [1.54, 1.807) is 0 Å². The SMILES string of the molecule is NC(=O)NP[SiH3]. The molecular weight excluding hydrogens is 115 g/mol. The average molecular weight is 122 g/mol. The molecule has 0 heterocycles. The van der Waals surface area contributed by atoms with Crippen molar-refractivity contribution in [3.63, 3.8) is 0 Å². The normalized spacial score (nSPS) is 10.0. The Hall–Kier alpha value is -0.0831. The van der Waals surface area contributed by atoms with Crippen LogP contribution in [0.4, 0.5) is 4.79 Å². The van der Waals surface area contributed by atoms with Gasteiger partial charge in [-0.2, -0.15) is 0 Å². The second-order valence-corrected chi connectivity index (χ2v) is 2.99. The predicted octanol–water partition coefficient (Wildman–Crippen LogP) is -1.47. The van der Waals surface area contributed by atoms with Gasteiger partial charge in [0.15, 0.2) is 0 Å². The molecule has 0 aromatic carbocycles. The Bertz CT molecular complexity index is 57.5. The summed E-state index contributed by atoms with van der Waals surface area (Å²) in [4.78, 5) is 9.74. The highest BCUT2D eigenvalue weighted by Gasteiger charge is 1.79. The maximum absolute atomic E-state index is 9.74. The van der Waals surface area contributed by atoms with Gasteiger partial charge in [-0.3, -0.25) is 0 Å². The van der Waals surface area contributed by atoms with Crippen LogP contribution in [0.3, 0.4) is 0 Å². The van der Waals surface area contributed by atoms with Crippen molar-refractivity contribution in [1.29, 1.82) is 0 Å². The first-order valence-electron chi connectivity index (χ1n) is 1.49.